The van der Waals surface area contributed by atoms with Crippen LogP contribution in [0.4, 0.5) is 9.52 Å². The van der Waals surface area contributed by atoms with Crippen molar-refractivity contribution in [2.24, 2.45) is 0 Å². The monoisotopic (exact) mass is 547 g/mol. The van der Waals surface area contributed by atoms with Crippen molar-refractivity contribution in [3.05, 3.63) is 78.4 Å². The van der Waals surface area contributed by atoms with Gasteiger partial charge >= 0.3 is 0 Å². The van der Waals surface area contributed by atoms with Gasteiger partial charge in [0, 0.05) is 25.1 Å². The summed E-state index contributed by atoms with van der Waals surface area (Å²) in [5, 5.41) is 0.367. The number of anilines is 1. The molecule has 2 aromatic heterocycles. The second-order valence-corrected chi connectivity index (χ2v) is 13.2. The van der Waals surface area contributed by atoms with Gasteiger partial charge in [-0.3, -0.25) is 14.7 Å². The molecule has 0 aliphatic heterocycles. The highest BCUT2D eigenvalue weighted by atomic mass is 32.2. The Hall–Kier alpha value is -3.22. The normalized spacial score (nSPS) is 12.1. The number of carbonyl (C=O) groups excluding carboxylic acids is 1. The second-order valence-electron chi connectivity index (χ2n) is 8.12. The van der Waals surface area contributed by atoms with Gasteiger partial charge in [0.25, 0.3) is 0 Å². The quantitative estimate of drug-likeness (QED) is 0.291. The van der Waals surface area contributed by atoms with Crippen molar-refractivity contribution < 1.29 is 26.0 Å². The van der Waals surface area contributed by atoms with Crippen molar-refractivity contribution in [2.45, 2.75) is 29.2 Å². The fraction of sp³-hybridized carbons (Fsp3) is 0.208. The largest absolute Gasteiger partial charge is 0.284 e. The number of aromatic nitrogens is 2. The first-order valence-corrected chi connectivity index (χ1v) is 15.2. The number of pyridine rings is 1. The third-order valence-electron chi connectivity index (χ3n) is 5.35. The van der Waals surface area contributed by atoms with Crippen molar-refractivity contribution in [1.82, 2.24) is 9.97 Å². The second kappa shape index (κ2) is 10.4. The van der Waals surface area contributed by atoms with Crippen molar-refractivity contribution in [3.63, 3.8) is 0 Å². The van der Waals surface area contributed by atoms with Gasteiger partial charge in [-0.15, -0.1) is 0 Å². The summed E-state index contributed by atoms with van der Waals surface area (Å²) in [5.41, 5.74) is 1.30. The summed E-state index contributed by atoms with van der Waals surface area (Å²) in [6.07, 6.45) is 4.35. The lowest BCUT2D eigenvalue weighted by Crippen LogP contribution is -2.30. The van der Waals surface area contributed by atoms with Gasteiger partial charge in [0.2, 0.25) is 5.91 Å². The van der Waals surface area contributed by atoms with E-state index in [4.69, 9.17) is 0 Å². The Morgan fingerprint density at radius 2 is 1.75 bits per heavy atom. The summed E-state index contributed by atoms with van der Waals surface area (Å²) in [5.74, 6) is -1.15. The van der Waals surface area contributed by atoms with Gasteiger partial charge in [0.1, 0.15) is 5.82 Å². The van der Waals surface area contributed by atoms with E-state index in [0.717, 1.165) is 24.0 Å². The van der Waals surface area contributed by atoms with Crippen LogP contribution in [0.1, 0.15) is 18.4 Å². The van der Waals surface area contributed by atoms with Crippen LogP contribution in [0, 0.1) is 5.82 Å². The lowest BCUT2D eigenvalue weighted by Gasteiger charge is -2.20. The summed E-state index contributed by atoms with van der Waals surface area (Å²) >= 11 is 1.18. The molecular weight excluding hydrogens is 525 g/mol. The molecule has 0 spiro atoms. The van der Waals surface area contributed by atoms with Gasteiger partial charge in [-0.2, -0.15) is 0 Å². The third kappa shape index (κ3) is 6.12. The molecule has 0 atom stereocenters. The zero-order chi connectivity index (χ0) is 25.9. The van der Waals surface area contributed by atoms with Crippen molar-refractivity contribution in [3.8, 4) is 0 Å². The fourth-order valence-corrected chi connectivity index (χ4v) is 6.54. The number of nitrogens with zero attached hydrogens (tertiary/aromatic N) is 3. The molecular formula is C24H22FN3O5S3. The molecule has 1 amide bonds. The first-order valence-electron chi connectivity index (χ1n) is 10.8. The van der Waals surface area contributed by atoms with Gasteiger partial charge in [-0.1, -0.05) is 17.4 Å². The number of fused-ring (bicyclic) bond motifs is 1. The number of sulfone groups is 2. The number of halogens is 1. The van der Waals surface area contributed by atoms with E-state index in [2.05, 4.69) is 9.97 Å². The van der Waals surface area contributed by atoms with Crippen LogP contribution >= 0.6 is 11.3 Å². The molecule has 0 radical (unpaired) electrons. The highest BCUT2D eigenvalue weighted by Crippen LogP contribution is 2.32. The maximum Gasteiger partial charge on any atom is 0.229 e. The Kier molecular flexibility index (Phi) is 7.48. The molecule has 188 valence electrons. The number of hydrogen-bond acceptors (Lipinski definition) is 8. The van der Waals surface area contributed by atoms with E-state index in [0.29, 0.717) is 15.3 Å². The Morgan fingerprint density at radius 3 is 2.42 bits per heavy atom. The highest BCUT2D eigenvalue weighted by Gasteiger charge is 2.22. The Morgan fingerprint density at radius 1 is 1.03 bits per heavy atom. The molecule has 0 saturated heterocycles. The summed E-state index contributed by atoms with van der Waals surface area (Å²) < 4.78 is 62.7. The minimum atomic E-state index is -3.68. The van der Waals surface area contributed by atoms with Crippen LogP contribution in [0.5, 0.6) is 0 Å². The van der Waals surface area contributed by atoms with E-state index in [9.17, 15) is 26.0 Å². The summed E-state index contributed by atoms with van der Waals surface area (Å²) in [4.78, 5) is 23.5. The van der Waals surface area contributed by atoms with Gasteiger partial charge in [0.15, 0.2) is 24.8 Å². The van der Waals surface area contributed by atoms with Crippen LogP contribution in [-0.2, 0) is 31.0 Å². The topological polar surface area (TPSA) is 114 Å². The molecule has 0 N–H and O–H groups in total. The SMILES string of the molecule is CS(=O)(=O)c1ccc2nc(N(Cc3cccnc3)C(=O)CCCS(=O)(=O)c3ccc(F)cc3)sc2c1. The van der Waals surface area contributed by atoms with Gasteiger partial charge in [-0.25, -0.2) is 26.2 Å². The third-order valence-corrected chi connectivity index (χ3v) is 9.32. The predicted octanol–water partition coefficient (Wildman–Crippen LogP) is 4.02. The molecule has 0 aliphatic carbocycles. The van der Waals surface area contributed by atoms with E-state index < -0.39 is 25.5 Å². The number of carbonyl (C=O) groups is 1. The molecule has 2 aromatic carbocycles. The average molecular weight is 548 g/mol. The molecule has 2 heterocycles. The van der Waals surface area contributed by atoms with E-state index >= 15 is 0 Å². The molecule has 36 heavy (non-hydrogen) atoms. The molecule has 12 heteroatoms. The van der Waals surface area contributed by atoms with Crippen LogP contribution in [0.2, 0.25) is 0 Å². The number of benzene rings is 2. The van der Waals surface area contributed by atoms with Crippen molar-refractivity contribution >= 4 is 52.3 Å². The van der Waals surface area contributed by atoms with Crippen LogP contribution in [0.15, 0.2) is 76.8 Å². The molecule has 0 saturated carbocycles. The Balaban J connectivity index is 1.56. The lowest BCUT2D eigenvalue weighted by molar-refractivity contribution is -0.118. The smallest absolute Gasteiger partial charge is 0.229 e. The molecule has 4 rings (SSSR count). The van der Waals surface area contributed by atoms with Crippen molar-refractivity contribution in [1.29, 1.82) is 0 Å². The molecule has 0 bridgehead atoms. The summed E-state index contributed by atoms with van der Waals surface area (Å²) in [6.45, 7) is 0.163. The standard InChI is InChI=1S/C24H22FN3O5S3/c1-35(30,31)20-10-11-21-22(14-20)34-24(27-21)28(16-17-4-2-12-26-15-17)23(29)5-3-13-36(32,33)19-8-6-18(25)7-9-19/h2,4,6-12,14-15H,3,5,13,16H2,1H3. The minimum Gasteiger partial charge on any atom is -0.284 e. The van der Waals surface area contributed by atoms with Crippen LogP contribution in [0.25, 0.3) is 10.2 Å². The van der Waals surface area contributed by atoms with Crippen LogP contribution < -0.4 is 4.90 Å². The number of thiazole rings is 1. The minimum absolute atomic E-state index is 0.00332. The average Bonchev–Trinajstić information content (AvgIpc) is 3.26. The maximum atomic E-state index is 13.2. The predicted molar refractivity (Wildman–Crippen MR) is 136 cm³/mol. The van der Waals surface area contributed by atoms with Crippen molar-refractivity contribution in [2.75, 3.05) is 16.9 Å². The fourth-order valence-electron chi connectivity index (χ4n) is 3.48. The van der Waals surface area contributed by atoms with E-state index in [1.807, 2.05) is 0 Å². The van der Waals surface area contributed by atoms with Crippen LogP contribution in [-0.4, -0.2) is 44.7 Å². The summed E-state index contributed by atoms with van der Waals surface area (Å²) in [7, 11) is -7.09. The van der Waals surface area contributed by atoms with E-state index in [1.54, 1.807) is 30.6 Å². The Bertz CT molecular complexity index is 1600. The van der Waals surface area contributed by atoms with Gasteiger partial charge in [-0.05, 0) is 60.5 Å². The first-order chi connectivity index (χ1) is 17.0. The number of rotatable bonds is 9. The summed E-state index contributed by atoms with van der Waals surface area (Å²) in [6, 6.07) is 12.7. The molecule has 0 fully saturated rings. The first kappa shape index (κ1) is 25.9. The van der Waals surface area contributed by atoms with Gasteiger partial charge < -0.3 is 0 Å². The molecule has 8 nitrogen and oxygen atoms in total. The zero-order valence-electron chi connectivity index (χ0n) is 19.2. The van der Waals surface area contributed by atoms with E-state index in [1.165, 1.54) is 40.5 Å². The Labute approximate surface area is 212 Å². The lowest BCUT2D eigenvalue weighted by atomic mass is 10.2. The highest BCUT2D eigenvalue weighted by molar-refractivity contribution is 7.91. The maximum absolute atomic E-state index is 13.2. The van der Waals surface area contributed by atoms with Crippen LogP contribution in [0.3, 0.4) is 0 Å². The molecule has 0 unspecified atom stereocenters. The molecule has 4 aromatic rings. The van der Waals surface area contributed by atoms with E-state index in [-0.39, 0.29) is 40.8 Å². The number of amides is 1. The number of hydrogen-bond donors (Lipinski definition) is 0. The van der Waals surface area contributed by atoms with Gasteiger partial charge in [0.05, 0.1) is 32.3 Å². The zero-order valence-corrected chi connectivity index (χ0v) is 21.6. The molecule has 0 aliphatic rings.